The SMILES string of the molecule is CCNC1CCN(C2CC=CC2)CC1. The summed E-state index contributed by atoms with van der Waals surface area (Å²) >= 11 is 0. The minimum atomic E-state index is 0.783. The second-order valence-corrected chi connectivity index (χ2v) is 4.46. The van der Waals surface area contributed by atoms with Crippen molar-refractivity contribution in [1.29, 1.82) is 0 Å². The van der Waals surface area contributed by atoms with Crippen molar-refractivity contribution in [1.82, 2.24) is 10.2 Å². The van der Waals surface area contributed by atoms with Gasteiger partial charge in [-0.05, 0) is 45.3 Å². The molecule has 0 radical (unpaired) electrons. The number of nitrogens with one attached hydrogen (secondary N) is 1. The number of nitrogens with zero attached hydrogens (tertiary/aromatic N) is 1. The van der Waals surface area contributed by atoms with E-state index < -0.39 is 0 Å². The molecule has 14 heavy (non-hydrogen) atoms. The van der Waals surface area contributed by atoms with E-state index in [-0.39, 0.29) is 0 Å². The zero-order valence-corrected chi connectivity index (χ0v) is 9.21. The summed E-state index contributed by atoms with van der Waals surface area (Å²) in [5, 5.41) is 3.55. The van der Waals surface area contributed by atoms with Crippen LogP contribution in [0.2, 0.25) is 0 Å². The first kappa shape index (κ1) is 10.2. The Bertz CT molecular complexity index is 184. The van der Waals surface area contributed by atoms with E-state index >= 15 is 0 Å². The lowest BCUT2D eigenvalue weighted by Gasteiger charge is -2.36. The summed E-state index contributed by atoms with van der Waals surface area (Å²) in [6.45, 7) is 5.91. The van der Waals surface area contributed by atoms with Crippen LogP contribution in [0.1, 0.15) is 32.6 Å². The van der Waals surface area contributed by atoms with Crippen LogP contribution in [0.15, 0.2) is 12.2 Å². The lowest BCUT2D eigenvalue weighted by molar-refractivity contribution is 0.149. The number of piperidine rings is 1. The van der Waals surface area contributed by atoms with E-state index in [9.17, 15) is 0 Å². The van der Waals surface area contributed by atoms with Crippen LogP contribution in [0.5, 0.6) is 0 Å². The van der Waals surface area contributed by atoms with Gasteiger partial charge in [0.2, 0.25) is 0 Å². The molecule has 0 spiro atoms. The topological polar surface area (TPSA) is 15.3 Å². The Morgan fingerprint density at radius 2 is 1.86 bits per heavy atom. The van der Waals surface area contributed by atoms with Crippen molar-refractivity contribution < 1.29 is 0 Å². The third kappa shape index (κ3) is 2.37. The van der Waals surface area contributed by atoms with Crippen LogP contribution in [0, 0.1) is 0 Å². The molecule has 2 rings (SSSR count). The van der Waals surface area contributed by atoms with Crippen LogP contribution in [-0.2, 0) is 0 Å². The molecule has 80 valence electrons. The molecule has 0 aromatic carbocycles. The van der Waals surface area contributed by atoms with E-state index in [0.717, 1.165) is 18.6 Å². The fourth-order valence-corrected chi connectivity index (χ4v) is 2.66. The first-order valence-electron chi connectivity index (χ1n) is 6.02. The monoisotopic (exact) mass is 194 g/mol. The molecule has 1 saturated heterocycles. The van der Waals surface area contributed by atoms with Gasteiger partial charge in [-0.25, -0.2) is 0 Å². The maximum atomic E-state index is 3.55. The van der Waals surface area contributed by atoms with Crippen LogP contribution in [0.3, 0.4) is 0 Å². The van der Waals surface area contributed by atoms with Crippen LogP contribution in [0.4, 0.5) is 0 Å². The highest BCUT2D eigenvalue weighted by atomic mass is 15.2. The molecule has 1 N–H and O–H groups in total. The zero-order valence-electron chi connectivity index (χ0n) is 9.21. The lowest BCUT2D eigenvalue weighted by Crippen LogP contribution is -2.45. The summed E-state index contributed by atoms with van der Waals surface area (Å²) < 4.78 is 0. The van der Waals surface area contributed by atoms with Gasteiger partial charge in [0, 0.05) is 12.1 Å². The van der Waals surface area contributed by atoms with Gasteiger partial charge >= 0.3 is 0 Å². The highest BCUT2D eigenvalue weighted by Gasteiger charge is 2.24. The standard InChI is InChI=1S/C12H22N2/c1-2-13-11-7-9-14(10-8-11)12-5-3-4-6-12/h3-4,11-13H,2,5-10H2,1H3. The number of rotatable bonds is 3. The summed E-state index contributed by atoms with van der Waals surface area (Å²) in [5.74, 6) is 0. The van der Waals surface area contributed by atoms with Crippen LogP contribution in [0.25, 0.3) is 0 Å². The first-order valence-corrected chi connectivity index (χ1v) is 6.02. The molecule has 2 heteroatoms. The van der Waals surface area contributed by atoms with Crippen molar-refractivity contribution in [2.24, 2.45) is 0 Å². The molecule has 0 unspecified atom stereocenters. The molecule has 2 aliphatic rings. The highest BCUT2D eigenvalue weighted by Crippen LogP contribution is 2.21. The second kappa shape index (κ2) is 4.94. The Morgan fingerprint density at radius 1 is 1.21 bits per heavy atom. The minimum Gasteiger partial charge on any atom is -0.314 e. The van der Waals surface area contributed by atoms with Gasteiger partial charge < -0.3 is 5.32 Å². The molecule has 1 aliphatic heterocycles. The van der Waals surface area contributed by atoms with Crippen LogP contribution in [-0.4, -0.2) is 36.6 Å². The van der Waals surface area contributed by atoms with E-state index in [1.54, 1.807) is 0 Å². The van der Waals surface area contributed by atoms with Crippen LogP contribution < -0.4 is 5.32 Å². The maximum Gasteiger partial charge on any atom is 0.0164 e. The van der Waals surface area contributed by atoms with Gasteiger partial charge in [-0.3, -0.25) is 4.90 Å². The summed E-state index contributed by atoms with van der Waals surface area (Å²) in [5.41, 5.74) is 0. The lowest BCUT2D eigenvalue weighted by atomic mass is 10.0. The van der Waals surface area contributed by atoms with Crippen molar-refractivity contribution in [3.05, 3.63) is 12.2 Å². The molecule has 0 atom stereocenters. The van der Waals surface area contributed by atoms with Crippen molar-refractivity contribution >= 4 is 0 Å². The maximum absolute atomic E-state index is 3.55. The normalized spacial score (nSPS) is 26.1. The average molecular weight is 194 g/mol. The van der Waals surface area contributed by atoms with Crippen LogP contribution >= 0.6 is 0 Å². The zero-order chi connectivity index (χ0) is 9.80. The van der Waals surface area contributed by atoms with Gasteiger partial charge in [-0.1, -0.05) is 19.1 Å². The summed E-state index contributed by atoms with van der Waals surface area (Å²) in [4.78, 5) is 2.67. The van der Waals surface area contributed by atoms with Crippen molar-refractivity contribution in [3.63, 3.8) is 0 Å². The Morgan fingerprint density at radius 3 is 2.43 bits per heavy atom. The molecule has 0 aromatic rings. The van der Waals surface area contributed by atoms with E-state index in [1.165, 1.54) is 38.8 Å². The molecule has 0 aromatic heterocycles. The molecule has 0 bridgehead atoms. The quantitative estimate of drug-likeness (QED) is 0.689. The van der Waals surface area contributed by atoms with Gasteiger partial charge in [0.05, 0.1) is 0 Å². The first-order chi connectivity index (χ1) is 6.90. The Balaban J connectivity index is 1.72. The molecule has 1 heterocycles. The average Bonchev–Trinajstić information content (AvgIpc) is 2.72. The van der Waals surface area contributed by atoms with Gasteiger partial charge in [0.1, 0.15) is 0 Å². The third-order valence-electron chi connectivity index (χ3n) is 3.52. The largest absolute Gasteiger partial charge is 0.314 e. The summed E-state index contributed by atoms with van der Waals surface area (Å²) in [6, 6.07) is 1.61. The van der Waals surface area contributed by atoms with Gasteiger partial charge in [-0.2, -0.15) is 0 Å². The summed E-state index contributed by atoms with van der Waals surface area (Å²) in [6.07, 6.45) is 9.91. The molecular weight excluding hydrogens is 172 g/mol. The Hall–Kier alpha value is -0.340. The van der Waals surface area contributed by atoms with Crippen molar-refractivity contribution in [2.45, 2.75) is 44.7 Å². The van der Waals surface area contributed by atoms with Crippen molar-refractivity contribution in [2.75, 3.05) is 19.6 Å². The molecular formula is C12H22N2. The molecule has 1 aliphatic carbocycles. The number of hydrogen-bond donors (Lipinski definition) is 1. The fourth-order valence-electron chi connectivity index (χ4n) is 2.66. The fraction of sp³-hybridized carbons (Fsp3) is 0.833. The second-order valence-electron chi connectivity index (χ2n) is 4.46. The van der Waals surface area contributed by atoms with E-state index in [0.29, 0.717) is 0 Å². The predicted molar refractivity (Wildman–Crippen MR) is 60.4 cm³/mol. The van der Waals surface area contributed by atoms with Gasteiger partial charge in [-0.15, -0.1) is 0 Å². The highest BCUT2D eigenvalue weighted by molar-refractivity contribution is 4.99. The molecule has 0 amide bonds. The smallest absolute Gasteiger partial charge is 0.0164 e. The van der Waals surface area contributed by atoms with Gasteiger partial charge in [0.15, 0.2) is 0 Å². The molecule has 0 saturated carbocycles. The third-order valence-corrected chi connectivity index (χ3v) is 3.52. The number of likely N-dealkylation sites (tertiary alicyclic amines) is 1. The van der Waals surface area contributed by atoms with Gasteiger partial charge in [0.25, 0.3) is 0 Å². The molecule has 1 fully saturated rings. The van der Waals surface area contributed by atoms with E-state index in [4.69, 9.17) is 0 Å². The predicted octanol–water partition coefficient (Wildman–Crippen LogP) is 1.78. The van der Waals surface area contributed by atoms with E-state index in [2.05, 4.69) is 29.3 Å². The minimum absolute atomic E-state index is 0.783. The Kier molecular flexibility index (Phi) is 3.60. The van der Waals surface area contributed by atoms with Crippen molar-refractivity contribution in [3.8, 4) is 0 Å². The number of hydrogen-bond acceptors (Lipinski definition) is 2. The summed E-state index contributed by atoms with van der Waals surface area (Å²) in [7, 11) is 0. The molecule has 2 nitrogen and oxygen atoms in total. The Labute approximate surface area is 87.4 Å². The van der Waals surface area contributed by atoms with E-state index in [1.807, 2.05) is 0 Å².